The topological polar surface area (TPSA) is 21.3 Å². The highest BCUT2D eigenvalue weighted by molar-refractivity contribution is 6.35. The quantitative estimate of drug-likeness (QED) is 0.534. The van der Waals surface area contributed by atoms with Crippen molar-refractivity contribution < 1.29 is 4.74 Å². The Morgan fingerprint density at radius 2 is 1.68 bits per heavy atom. The van der Waals surface area contributed by atoms with Gasteiger partial charge < -0.3 is 10.1 Å². The van der Waals surface area contributed by atoms with E-state index in [2.05, 4.69) is 30.4 Å². The second kappa shape index (κ2) is 8.28. The van der Waals surface area contributed by atoms with E-state index in [4.69, 9.17) is 27.9 Å². The van der Waals surface area contributed by atoms with Crippen LogP contribution in [0.5, 0.6) is 5.75 Å². The Morgan fingerprint density at radius 1 is 0.880 bits per heavy atom. The number of ether oxygens (including phenoxy) is 1. The molecule has 0 atom stereocenters. The molecule has 2 nitrogen and oxygen atoms in total. The van der Waals surface area contributed by atoms with Gasteiger partial charge in [-0.2, -0.15) is 0 Å². The molecule has 0 unspecified atom stereocenters. The lowest BCUT2D eigenvalue weighted by atomic mass is 10.1. The lowest BCUT2D eigenvalue weighted by molar-refractivity contribution is 0.306. The second-order valence-corrected chi connectivity index (χ2v) is 6.74. The molecule has 0 saturated carbocycles. The molecule has 1 N–H and O–H groups in total. The lowest BCUT2D eigenvalue weighted by Gasteiger charge is -2.10. The van der Waals surface area contributed by atoms with Crippen LogP contribution in [0.15, 0.2) is 66.7 Å². The number of rotatable bonds is 6. The maximum Gasteiger partial charge on any atom is 0.119 e. The smallest absolute Gasteiger partial charge is 0.119 e. The van der Waals surface area contributed by atoms with Crippen molar-refractivity contribution >= 4 is 28.9 Å². The highest BCUT2D eigenvalue weighted by atomic mass is 35.5. The lowest BCUT2D eigenvalue weighted by Crippen LogP contribution is -2.00. The predicted molar refractivity (Wildman–Crippen MR) is 106 cm³/mol. The molecule has 0 aliphatic heterocycles. The molecule has 0 heterocycles. The summed E-state index contributed by atoms with van der Waals surface area (Å²) in [6, 6.07) is 21.7. The van der Waals surface area contributed by atoms with Gasteiger partial charge in [0.15, 0.2) is 0 Å². The Morgan fingerprint density at radius 3 is 2.44 bits per heavy atom. The summed E-state index contributed by atoms with van der Waals surface area (Å²) in [7, 11) is 0. The normalized spacial score (nSPS) is 10.5. The zero-order valence-electron chi connectivity index (χ0n) is 13.9. The SMILES string of the molecule is Cc1cccc(COc2ccc(CNc3cc(Cl)ccc3Cl)cc2)c1. The van der Waals surface area contributed by atoms with Crippen LogP contribution in [0.25, 0.3) is 0 Å². The van der Waals surface area contributed by atoms with E-state index in [1.807, 2.05) is 36.4 Å². The zero-order valence-corrected chi connectivity index (χ0v) is 15.4. The van der Waals surface area contributed by atoms with Crippen LogP contribution < -0.4 is 10.1 Å². The second-order valence-electron chi connectivity index (χ2n) is 5.90. The molecule has 3 aromatic rings. The monoisotopic (exact) mass is 371 g/mol. The van der Waals surface area contributed by atoms with E-state index < -0.39 is 0 Å². The molecule has 0 aliphatic rings. The van der Waals surface area contributed by atoms with E-state index in [1.54, 1.807) is 12.1 Å². The molecule has 3 aromatic carbocycles. The first-order chi connectivity index (χ1) is 12.1. The van der Waals surface area contributed by atoms with Crippen molar-refractivity contribution in [1.82, 2.24) is 0 Å². The molecular weight excluding hydrogens is 353 g/mol. The fourth-order valence-electron chi connectivity index (χ4n) is 2.50. The van der Waals surface area contributed by atoms with E-state index in [0.29, 0.717) is 23.2 Å². The summed E-state index contributed by atoms with van der Waals surface area (Å²) < 4.78 is 5.84. The van der Waals surface area contributed by atoms with Gasteiger partial charge in [0.05, 0.1) is 10.7 Å². The Kier molecular flexibility index (Phi) is 5.85. The van der Waals surface area contributed by atoms with Crippen LogP contribution in [0.1, 0.15) is 16.7 Å². The first kappa shape index (κ1) is 17.7. The molecule has 3 rings (SSSR count). The highest BCUT2D eigenvalue weighted by Gasteiger charge is 2.02. The Labute approximate surface area is 158 Å². The minimum atomic E-state index is 0.567. The third-order valence-electron chi connectivity index (χ3n) is 3.82. The van der Waals surface area contributed by atoms with Gasteiger partial charge in [-0.25, -0.2) is 0 Å². The molecule has 4 heteroatoms. The third kappa shape index (κ3) is 5.15. The summed E-state index contributed by atoms with van der Waals surface area (Å²) in [5.74, 6) is 0.853. The molecule has 0 amide bonds. The fraction of sp³-hybridized carbons (Fsp3) is 0.143. The molecule has 0 bridgehead atoms. The Bertz CT molecular complexity index is 847. The molecule has 0 spiro atoms. The average molecular weight is 372 g/mol. The van der Waals surface area contributed by atoms with E-state index in [9.17, 15) is 0 Å². The summed E-state index contributed by atoms with van der Waals surface area (Å²) in [6.45, 7) is 3.31. The van der Waals surface area contributed by atoms with Gasteiger partial charge in [0.1, 0.15) is 12.4 Å². The van der Waals surface area contributed by atoms with Gasteiger partial charge in [0, 0.05) is 11.6 Å². The van der Waals surface area contributed by atoms with Crippen molar-refractivity contribution in [2.75, 3.05) is 5.32 Å². The van der Waals surface area contributed by atoms with Crippen LogP contribution in [0.2, 0.25) is 10.0 Å². The van der Waals surface area contributed by atoms with Gasteiger partial charge >= 0.3 is 0 Å². The van der Waals surface area contributed by atoms with Crippen molar-refractivity contribution in [3.05, 3.63) is 93.5 Å². The zero-order chi connectivity index (χ0) is 17.6. The fourth-order valence-corrected chi connectivity index (χ4v) is 2.86. The predicted octanol–water partition coefficient (Wildman–Crippen LogP) is 6.49. The Balaban J connectivity index is 1.56. The molecule has 0 radical (unpaired) electrons. The standard InChI is InChI=1S/C21H19Cl2NO/c1-15-3-2-4-17(11-15)14-25-19-8-5-16(6-9-19)13-24-21-12-18(22)7-10-20(21)23/h2-12,24H,13-14H2,1H3. The van der Waals surface area contributed by atoms with Crippen LogP contribution in [0, 0.1) is 6.92 Å². The summed E-state index contributed by atoms with van der Waals surface area (Å²) in [4.78, 5) is 0. The van der Waals surface area contributed by atoms with Gasteiger partial charge in [-0.15, -0.1) is 0 Å². The van der Waals surface area contributed by atoms with Crippen molar-refractivity contribution in [2.24, 2.45) is 0 Å². The van der Waals surface area contributed by atoms with E-state index >= 15 is 0 Å². The van der Waals surface area contributed by atoms with Crippen LogP contribution in [0.3, 0.4) is 0 Å². The molecular formula is C21H19Cl2NO. The number of aryl methyl sites for hydroxylation is 1. The maximum atomic E-state index is 6.16. The number of nitrogens with one attached hydrogen (secondary N) is 1. The van der Waals surface area contributed by atoms with Crippen LogP contribution in [0.4, 0.5) is 5.69 Å². The van der Waals surface area contributed by atoms with Gasteiger partial charge in [0.25, 0.3) is 0 Å². The van der Waals surface area contributed by atoms with Gasteiger partial charge in [0.2, 0.25) is 0 Å². The van der Waals surface area contributed by atoms with Crippen LogP contribution in [-0.4, -0.2) is 0 Å². The molecule has 0 aliphatic carbocycles. The summed E-state index contributed by atoms with van der Waals surface area (Å²) in [5.41, 5.74) is 4.37. The van der Waals surface area contributed by atoms with Crippen LogP contribution >= 0.6 is 23.2 Å². The Hall–Kier alpha value is -2.16. The number of halogens is 2. The molecule has 0 aromatic heterocycles. The molecule has 25 heavy (non-hydrogen) atoms. The molecule has 0 fully saturated rings. The van der Waals surface area contributed by atoms with Crippen molar-refractivity contribution in [2.45, 2.75) is 20.1 Å². The largest absolute Gasteiger partial charge is 0.489 e. The molecule has 0 saturated heterocycles. The first-order valence-corrected chi connectivity index (χ1v) is 8.82. The highest BCUT2D eigenvalue weighted by Crippen LogP contribution is 2.26. The number of anilines is 1. The third-order valence-corrected chi connectivity index (χ3v) is 4.39. The summed E-state index contributed by atoms with van der Waals surface area (Å²) in [6.07, 6.45) is 0. The molecule has 128 valence electrons. The number of benzene rings is 3. The average Bonchev–Trinajstić information content (AvgIpc) is 2.62. The van der Waals surface area contributed by atoms with Gasteiger partial charge in [-0.1, -0.05) is 65.2 Å². The summed E-state index contributed by atoms with van der Waals surface area (Å²) in [5, 5.41) is 4.61. The van der Waals surface area contributed by atoms with Gasteiger partial charge in [-0.05, 0) is 48.4 Å². The maximum absolute atomic E-state index is 6.16. The minimum Gasteiger partial charge on any atom is -0.489 e. The summed E-state index contributed by atoms with van der Waals surface area (Å²) >= 11 is 12.2. The van der Waals surface area contributed by atoms with Crippen molar-refractivity contribution in [3.8, 4) is 5.75 Å². The van der Waals surface area contributed by atoms with E-state index in [0.717, 1.165) is 17.0 Å². The van der Waals surface area contributed by atoms with Crippen LogP contribution in [-0.2, 0) is 13.2 Å². The minimum absolute atomic E-state index is 0.567. The van der Waals surface area contributed by atoms with E-state index in [-0.39, 0.29) is 0 Å². The van der Waals surface area contributed by atoms with Crippen molar-refractivity contribution in [1.29, 1.82) is 0 Å². The van der Waals surface area contributed by atoms with Gasteiger partial charge in [-0.3, -0.25) is 0 Å². The number of hydrogen-bond acceptors (Lipinski definition) is 2. The number of hydrogen-bond donors (Lipinski definition) is 1. The first-order valence-electron chi connectivity index (χ1n) is 8.06. The van der Waals surface area contributed by atoms with Crippen molar-refractivity contribution in [3.63, 3.8) is 0 Å². The van der Waals surface area contributed by atoms with E-state index in [1.165, 1.54) is 11.1 Å².